The highest BCUT2D eigenvalue weighted by atomic mass is 79.9. The fraction of sp³-hybridized carbons (Fsp3) is 0.222. The zero-order valence-corrected chi connectivity index (χ0v) is 8.90. The van der Waals surface area contributed by atoms with Crippen LogP contribution in [0.4, 0.5) is 8.78 Å². The van der Waals surface area contributed by atoms with Gasteiger partial charge in [0, 0.05) is 9.86 Å². The van der Waals surface area contributed by atoms with Gasteiger partial charge in [-0.3, -0.25) is 5.10 Å². The summed E-state index contributed by atoms with van der Waals surface area (Å²) in [5, 5.41) is 6.63. The largest absolute Gasteiger partial charge is 0.280 e. The smallest absolute Gasteiger partial charge is 0.276 e. The quantitative estimate of drug-likeness (QED) is 0.835. The molecule has 1 aromatic heterocycles. The lowest BCUT2D eigenvalue weighted by Crippen LogP contribution is -1.84. The van der Waals surface area contributed by atoms with Crippen LogP contribution in [-0.2, 0) is 0 Å². The minimum Gasteiger partial charge on any atom is -0.276 e. The number of benzene rings is 1. The van der Waals surface area contributed by atoms with Crippen LogP contribution in [0, 0.1) is 6.92 Å². The van der Waals surface area contributed by atoms with E-state index < -0.39 is 6.43 Å². The molecule has 0 spiro atoms. The molecular formula is C9H7BrF2N2. The highest BCUT2D eigenvalue weighted by Gasteiger charge is 2.15. The fourth-order valence-corrected chi connectivity index (χ4v) is 1.66. The Kier molecular flexibility index (Phi) is 2.26. The number of nitrogens with one attached hydrogen (secondary N) is 1. The lowest BCUT2D eigenvalue weighted by molar-refractivity contribution is 0.147. The monoisotopic (exact) mass is 260 g/mol. The summed E-state index contributed by atoms with van der Waals surface area (Å²) in [4.78, 5) is 0. The van der Waals surface area contributed by atoms with E-state index in [4.69, 9.17) is 0 Å². The fourth-order valence-electron chi connectivity index (χ4n) is 1.32. The predicted molar refractivity (Wildman–Crippen MR) is 53.5 cm³/mol. The first-order valence-electron chi connectivity index (χ1n) is 4.02. The van der Waals surface area contributed by atoms with E-state index in [1.165, 1.54) is 0 Å². The van der Waals surface area contributed by atoms with Crippen LogP contribution in [0.3, 0.4) is 0 Å². The summed E-state index contributed by atoms with van der Waals surface area (Å²) in [6, 6.07) is 3.43. The van der Waals surface area contributed by atoms with Gasteiger partial charge in [0.15, 0.2) is 0 Å². The summed E-state index contributed by atoms with van der Waals surface area (Å²) in [5.41, 5.74) is 1.42. The van der Waals surface area contributed by atoms with Crippen LogP contribution in [0.1, 0.15) is 17.7 Å². The van der Waals surface area contributed by atoms with Crippen molar-refractivity contribution in [2.45, 2.75) is 13.3 Å². The third kappa shape index (κ3) is 1.41. The molecule has 2 rings (SSSR count). The lowest BCUT2D eigenvalue weighted by atomic mass is 10.1. The van der Waals surface area contributed by atoms with Gasteiger partial charge in [-0.25, -0.2) is 8.78 Å². The second kappa shape index (κ2) is 3.31. The molecule has 1 heterocycles. The van der Waals surface area contributed by atoms with Crippen LogP contribution >= 0.6 is 15.9 Å². The van der Waals surface area contributed by atoms with Crippen molar-refractivity contribution in [3.8, 4) is 0 Å². The van der Waals surface area contributed by atoms with Crippen molar-refractivity contribution in [2.75, 3.05) is 0 Å². The van der Waals surface area contributed by atoms with Gasteiger partial charge >= 0.3 is 0 Å². The maximum Gasteiger partial charge on any atom is 0.280 e. The molecule has 0 bridgehead atoms. The molecule has 1 N–H and O–H groups in total. The summed E-state index contributed by atoms with van der Waals surface area (Å²) in [5.74, 6) is 0. The van der Waals surface area contributed by atoms with E-state index in [1.54, 1.807) is 12.1 Å². The molecule has 0 saturated carbocycles. The Bertz CT molecular complexity index is 479. The molecule has 14 heavy (non-hydrogen) atoms. The molecule has 2 nitrogen and oxygen atoms in total. The predicted octanol–water partition coefficient (Wildman–Crippen LogP) is 3.57. The van der Waals surface area contributed by atoms with Crippen LogP contribution < -0.4 is 0 Å². The van der Waals surface area contributed by atoms with Gasteiger partial charge in [0.2, 0.25) is 0 Å². The number of nitrogens with zero attached hydrogens (tertiary/aromatic N) is 1. The molecule has 0 saturated heterocycles. The zero-order valence-electron chi connectivity index (χ0n) is 7.31. The normalized spacial score (nSPS) is 11.5. The van der Waals surface area contributed by atoms with E-state index in [-0.39, 0.29) is 5.69 Å². The molecule has 5 heteroatoms. The summed E-state index contributed by atoms with van der Waals surface area (Å²) in [7, 11) is 0. The molecule has 1 aromatic carbocycles. The van der Waals surface area contributed by atoms with Gasteiger partial charge in [0.1, 0.15) is 5.69 Å². The third-order valence-electron chi connectivity index (χ3n) is 2.08. The standard InChI is InChI=1S/C9H7BrF2N2/c1-4-2-7-5(3-6(4)10)8(9(11)12)14-13-7/h2-3,9H,1H3,(H,13,14). The topological polar surface area (TPSA) is 28.7 Å². The molecule has 0 unspecified atom stereocenters. The molecule has 74 valence electrons. The van der Waals surface area contributed by atoms with Crippen molar-refractivity contribution in [1.29, 1.82) is 0 Å². The first-order chi connectivity index (χ1) is 6.59. The second-order valence-electron chi connectivity index (χ2n) is 3.06. The molecular weight excluding hydrogens is 254 g/mol. The number of halogens is 3. The number of rotatable bonds is 1. The average molecular weight is 261 g/mol. The van der Waals surface area contributed by atoms with Gasteiger partial charge in [-0.1, -0.05) is 15.9 Å². The minimum atomic E-state index is -2.52. The highest BCUT2D eigenvalue weighted by Crippen LogP contribution is 2.29. The van der Waals surface area contributed by atoms with E-state index >= 15 is 0 Å². The summed E-state index contributed by atoms with van der Waals surface area (Å²) >= 11 is 3.30. The molecule has 0 aliphatic rings. The Morgan fingerprint density at radius 3 is 2.79 bits per heavy atom. The van der Waals surface area contributed by atoms with E-state index in [2.05, 4.69) is 26.1 Å². The van der Waals surface area contributed by atoms with Crippen LogP contribution in [-0.4, -0.2) is 10.2 Å². The first-order valence-corrected chi connectivity index (χ1v) is 4.81. The van der Waals surface area contributed by atoms with Crippen molar-refractivity contribution in [3.05, 3.63) is 27.9 Å². The van der Waals surface area contributed by atoms with E-state index in [0.717, 1.165) is 10.0 Å². The van der Waals surface area contributed by atoms with Gasteiger partial charge in [-0.2, -0.15) is 5.10 Å². The number of H-pyrrole nitrogens is 1. The van der Waals surface area contributed by atoms with E-state index in [0.29, 0.717) is 10.9 Å². The Balaban J connectivity index is 2.74. The summed E-state index contributed by atoms with van der Waals surface area (Å²) in [6.45, 7) is 1.89. The molecule has 0 fully saturated rings. The molecule has 0 amide bonds. The number of hydrogen-bond donors (Lipinski definition) is 1. The van der Waals surface area contributed by atoms with E-state index in [9.17, 15) is 8.78 Å². The zero-order chi connectivity index (χ0) is 10.3. The molecule has 0 aliphatic carbocycles. The van der Waals surface area contributed by atoms with Gasteiger partial charge in [0.25, 0.3) is 6.43 Å². The van der Waals surface area contributed by atoms with Crippen molar-refractivity contribution in [1.82, 2.24) is 10.2 Å². The number of aryl methyl sites for hydroxylation is 1. The maximum absolute atomic E-state index is 12.5. The molecule has 2 aromatic rings. The summed E-state index contributed by atoms with van der Waals surface area (Å²) in [6.07, 6.45) is -2.52. The maximum atomic E-state index is 12.5. The van der Waals surface area contributed by atoms with Gasteiger partial charge in [0.05, 0.1) is 5.52 Å². The van der Waals surface area contributed by atoms with Crippen LogP contribution in [0.5, 0.6) is 0 Å². The second-order valence-corrected chi connectivity index (χ2v) is 3.91. The first kappa shape index (κ1) is 9.58. The van der Waals surface area contributed by atoms with Crippen LogP contribution in [0.15, 0.2) is 16.6 Å². The summed E-state index contributed by atoms with van der Waals surface area (Å²) < 4.78 is 25.8. The Labute approximate surface area is 87.4 Å². The Hall–Kier alpha value is -0.970. The lowest BCUT2D eigenvalue weighted by Gasteiger charge is -1.98. The van der Waals surface area contributed by atoms with Gasteiger partial charge in [-0.05, 0) is 24.6 Å². The number of aromatic amines is 1. The number of aromatic nitrogens is 2. The number of alkyl halides is 2. The van der Waals surface area contributed by atoms with Gasteiger partial charge in [-0.15, -0.1) is 0 Å². The average Bonchev–Trinajstić information content (AvgIpc) is 2.48. The van der Waals surface area contributed by atoms with Crippen molar-refractivity contribution in [2.24, 2.45) is 0 Å². The number of hydrogen-bond acceptors (Lipinski definition) is 1. The third-order valence-corrected chi connectivity index (χ3v) is 2.94. The van der Waals surface area contributed by atoms with Crippen LogP contribution in [0.25, 0.3) is 10.9 Å². The van der Waals surface area contributed by atoms with Gasteiger partial charge < -0.3 is 0 Å². The number of fused-ring (bicyclic) bond motifs is 1. The van der Waals surface area contributed by atoms with Crippen LogP contribution in [0.2, 0.25) is 0 Å². The Morgan fingerprint density at radius 1 is 1.43 bits per heavy atom. The van der Waals surface area contributed by atoms with Crippen molar-refractivity contribution >= 4 is 26.8 Å². The highest BCUT2D eigenvalue weighted by molar-refractivity contribution is 9.10. The van der Waals surface area contributed by atoms with Crippen molar-refractivity contribution in [3.63, 3.8) is 0 Å². The minimum absolute atomic E-state index is 0.124. The molecule has 0 radical (unpaired) electrons. The molecule has 0 aliphatic heterocycles. The Morgan fingerprint density at radius 2 is 2.14 bits per heavy atom. The SMILES string of the molecule is Cc1cc2n[nH]c(C(F)F)c2cc1Br. The van der Waals surface area contributed by atoms with E-state index in [1.807, 2.05) is 6.92 Å². The van der Waals surface area contributed by atoms with Crippen molar-refractivity contribution < 1.29 is 8.78 Å². The molecule has 0 atom stereocenters.